The molecule has 2 atom stereocenters. The number of rotatable bonds is 7. The third-order valence-corrected chi connectivity index (χ3v) is 4.79. The van der Waals surface area contributed by atoms with Crippen LogP contribution in [0.3, 0.4) is 0 Å². The van der Waals surface area contributed by atoms with Gasteiger partial charge in [0.1, 0.15) is 0 Å². The molecule has 0 saturated heterocycles. The third-order valence-electron chi connectivity index (χ3n) is 2.53. The van der Waals surface area contributed by atoms with E-state index in [-0.39, 0.29) is 0 Å². The molecule has 0 amide bonds. The molecule has 1 heterocycles. The number of thiophene rings is 1. The van der Waals surface area contributed by atoms with E-state index in [1.54, 1.807) is 11.3 Å². The zero-order valence-electron chi connectivity index (χ0n) is 10.2. The highest BCUT2D eigenvalue weighted by molar-refractivity contribution is 7.84. The lowest BCUT2D eigenvalue weighted by molar-refractivity contribution is 0.428. The molecule has 1 rings (SSSR count). The molecule has 0 aliphatic rings. The van der Waals surface area contributed by atoms with Crippen LogP contribution >= 0.6 is 11.3 Å². The summed E-state index contributed by atoms with van der Waals surface area (Å²) in [5.41, 5.74) is 0. The van der Waals surface area contributed by atoms with Crippen LogP contribution in [-0.4, -0.2) is 22.3 Å². The Morgan fingerprint density at radius 1 is 1.50 bits per heavy atom. The van der Waals surface area contributed by atoms with E-state index in [0.29, 0.717) is 12.0 Å². The summed E-state index contributed by atoms with van der Waals surface area (Å²) in [4.78, 5) is 1.37. The van der Waals surface area contributed by atoms with E-state index in [1.165, 1.54) is 4.88 Å². The zero-order valence-corrected chi connectivity index (χ0v) is 11.9. The number of nitrogens with one attached hydrogen (secondary N) is 1. The predicted molar refractivity (Wildman–Crippen MR) is 73.5 cm³/mol. The van der Waals surface area contributed by atoms with Crippen molar-refractivity contribution in [3.8, 4) is 0 Å². The van der Waals surface area contributed by atoms with Crippen molar-refractivity contribution in [1.29, 1.82) is 0 Å². The fourth-order valence-corrected chi connectivity index (χ4v) is 3.21. The molecule has 0 aromatic carbocycles. The maximum atomic E-state index is 11.3. The maximum Gasteiger partial charge on any atom is 0.0438 e. The Morgan fingerprint density at radius 2 is 2.25 bits per heavy atom. The Kier molecular flexibility index (Phi) is 6.24. The largest absolute Gasteiger partial charge is 0.308 e. The molecule has 0 aliphatic carbocycles. The zero-order chi connectivity index (χ0) is 12.0. The summed E-state index contributed by atoms with van der Waals surface area (Å²) in [6.07, 6.45) is 0. The van der Waals surface area contributed by atoms with Crippen LogP contribution in [0.4, 0.5) is 0 Å². The second kappa shape index (κ2) is 7.20. The van der Waals surface area contributed by atoms with Crippen molar-refractivity contribution in [2.24, 2.45) is 5.92 Å². The molecule has 0 radical (unpaired) electrons. The highest BCUT2D eigenvalue weighted by Gasteiger charge is 2.15. The van der Waals surface area contributed by atoms with Gasteiger partial charge < -0.3 is 5.32 Å². The van der Waals surface area contributed by atoms with E-state index < -0.39 is 10.8 Å². The van der Waals surface area contributed by atoms with Gasteiger partial charge in [0.05, 0.1) is 0 Å². The number of hydrogen-bond donors (Lipinski definition) is 1. The first-order valence-corrected chi connectivity index (χ1v) is 8.13. The van der Waals surface area contributed by atoms with Gasteiger partial charge in [0.2, 0.25) is 0 Å². The first-order valence-electron chi connectivity index (χ1n) is 5.77. The highest BCUT2D eigenvalue weighted by atomic mass is 32.2. The van der Waals surface area contributed by atoms with E-state index in [9.17, 15) is 4.21 Å². The molecule has 4 heteroatoms. The summed E-state index contributed by atoms with van der Waals surface area (Å²) >= 11 is 1.79. The van der Waals surface area contributed by atoms with Gasteiger partial charge in [-0.25, -0.2) is 0 Å². The fourth-order valence-electron chi connectivity index (χ4n) is 1.61. The summed E-state index contributed by atoms with van der Waals surface area (Å²) in [5, 5.41) is 5.61. The molecule has 16 heavy (non-hydrogen) atoms. The van der Waals surface area contributed by atoms with Gasteiger partial charge in [-0.3, -0.25) is 4.21 Å². The normalized spacial score (nSPS) is 15.2. The van der Waals surface area contributed by atoms with E-state index in [0.717, 1.165) is 18.1 Å². The number of hydrogen-bond acceptors (Lipinski definition) is 3. The van der Waals surface area contributed by atoms with Gasteiger partial charge >= 0.3 is 0 Å². The van der Waals surface area contributed by atoms with E-state index in [1.807, 2.05) is 6.92 Å². The minimum absolute atomic E-state index is 0.397. The second-order valence-electron chi connectivity index (χ2n) is 4.12. The van der Waals surface area contributed by atoms with Crippen molar-refractivity contribution in [3.05, 3.63) is 22.4 Å². The van der Waals surface area contributed by atoms with Crippen molar-refractivity contribution >= 4 is 22.1 Å². The van der Waals surface area contributed by atoms with Crippen LogP contribution in [0.25, 0.3) is 0 Å². The maximum absolute atomic E-state index is 11.3. The molecule has 92 valence electrons. The van der Waals surface area contributed by atoms with Crippen molar-refractivity contribution < 1.29 is 4.21 Å². The van der Waals surface area contributed by atoms with Crippen LogP contribution in [0.2, 0.25) is 0 Å². The van der Waals surface area contributed by atoms with Crippen LogP contribution in [0, 0.1) is 5.92 Å². The van der Waals surface area contributed by atoms with E-state index >= 15 is 0 Å². The lowest BCUT2D eigenvalue weighted by Gasteiger charge is -2.21. The minimum Gasteiger partial charge on any atom is -0.308 e. The molecule has 0 bridgehead atoms. The average molecular weight is 259 g/mol. The van der Waals surface area contributed by atoms with Crippen molar-refractivity contribution in [1.82, 2.24) is 5.32 Å². The Hall–Kier alpha value is -0.190. The Balaban J connectivity index is 2.44. The molecule has 0 fully saturated rings. The second-order valence-corrected chi connectivity index (χ2v) is 6.97. The van der Waals surface area contributed by atoms with Crippen LogP contribution in [0.5, 0.6) is 0 Å². The Morgan fingerprint density at radius 3 is 2.75 bits per heavy atom. The van der Waals surface area contributed by atoms with Crippen LogP contribution in [-0.2, 0) is 10.8 Å². The molecule has 2 unspecified atom stereocenters. The first kappa shape index (κ1) is 13.9. The lowest BCUT2D eigenvalue weighted by Crippen LogP contribution is -2.28. The van der Waals surface area contributed by atoms with Crippen LogP contribution in [0.1, 0.15) is 31.7 Å². The van der Waals surface area contributed by atoms with Crippen LogP contribution < -0.4 is 5.32 Å². The molecule has 2 nitrogen and oxygen atoms in total. The molecule has 1 aromatic heterocycles. The molecule has 0 aliphatic heterocycles. The van der Waals surface area contributed by atoms with E-state index in [2.05, 4.69) is 36.7 Å². The van der Waals surface area contributed by atoms with Gasteiger partial charge in [-0.15, -0.1) is 11.3 Å². The SMILES string of the molecule is CCS(=O)CCNC(c1cccs1)C(C)C. The van der Waals surface area contributed by atoms with Crippen LogP contribution in [0.15, 0.2) is 17.5 Å². The smallest absolute Gasteiger partial charge is 0.0438 e. The Bertz CT molecular complexity index is 309. The molecule has 0 saturated carbocycles. The van der Waals surface area contributed by atoms with Gasteiger partial charge in [-0.05, 0) is 17.4 Å². The summed E-state index contributed by atoms with van der Waals surface area (Å²) in [6, 6.07) is 4.65. The van der Waals surface area contributed by atoms with Gasteiger partial charge in [0, 0.05) is 39.8 Å². The van der Waals surface area contributed by atoms with Crippen molar-refractivity contribution in [3.63, 3.8) is 0 Å². The summed E-state index contributed by atoms with van der Waals surface area (Å²) in [5.74, 6) is 2.08. The Labute approximate surface area is 105 Å². The molecule has 0 spiro atoms. The quantitative estimate of drug-likeness (QED) is 0.816. The summed E-state index contributed by atoms with van der Waals surface area (Å²) < 4.78 is 11.3. The average Bonchev–Trinajstić information content (AvgIpc) is 2.76. The summed E-state index contributed by atoms with van der Waals surface area (Å²) in [6.45, 7) is 7.23. The predicted octanol–water partition coefficient (Wildman–Crippen LogP) is 2.80. The topological polar surface area (TPSA) is 29.1 Å². The fraction of sp³-hybridized carbons (Fsp3) is 0.667. The third kappa shape index (κ3) is 4.36. The first-order chi connectivity index (χ1) is 7.65. The standard InChI is InChI=1S/C12H21NOS2/c1-4-16(14)9-7-13-12(10(2)3)11-6-5-8-15-11/h5-6,8,10,12-13H,4,7,9H2,1-3H3. The molecule has 1 aromatic rings. The van der Waals surface area contributed by atoms with Gasteiger partial charge in [0.25, 0.3) is 0 Å². The van der Waals surface area contributed by atoms with Crippen molar-refractivity contribution in [2.75, 3.05) is 18.1 Å². The lowest BCUT2D eigenvalue weighted by atomic mass is 10.0. The molecule has 1 N–H and O–H groups in total. The van der Waals surface area contributed by atoms with Crippen molar-refractivity contribution in [2.45, 2.75) is 26.8 Å². The molecular formula is C12H21NOS2. The molecular weight excluding hydrogens is 238 g/mol. The highest BCUT2D eigenvalue weighted by Crippen LogP contribution is 2.25. The van der Waals surface area contributed by atoms with Gasteiger partial charge in [-0.2, -0.15) is 0 Å². The minimum atomic E-state index is -0.663. The monoisotopic (exact) mass is 259 g/mol. The van der Waals surface area contributed by atoms with Gasteiger partial charge in [0.15, 0.2) is 0 Å². The van der Waals surface area contributed by atoms with Gasteiger partial charge in [-0.1, -0.05) is 26.8 Å². The summed E-state index contributed by atoms with van der Waals surface area (Å²) in [7, 11) is -0.663. The van der Waals surface area contributed by atoms with E-state index in [4.69, 9.17) is 0 Å².